The lowest BCUT2D eigenvalue weighted by molar-refractivity contribution is -0.129. The molecular weight excluding hydrogens is 368 g/mol. The van der Waals surface area contributed by atoms with Gasteiger partial charge < -0.3 is 19.3 Å². The van der Waals surface area contributed by atoms with Crippen molar-refractivity contribution in [2.24, 2.45) is 0 Å². The van der Waals surface area contributed by atoms with Crippen LogP contribution in [0.1, 0.15) is 49.8 Å². The molecule has 4 aliphatic rings. The third-order valence-corrected chi connectivity index (χ3v) is 6.75. The smallest absolute Gasteiger partial charge is 0.226 e. The van der Waals surface area contributed by atoms with Gasteiger partial charge in [0.25, 0.3) is 0 Å². The van der Waals surface area contributed by atoms with E-state index >= 15 is 0 Å². The second-order valence-corrected chi connectivity index (χ2v) is 8.77. The van der Waals surface area contributed by atoms with Gasteiger partial charge in [-0.15, -0.1) is 0 Å². The number of allylic oxidation sites excluding steroid dienone is 1. The van der Waals surface area contributed by atoms with Crippen molar-refractivity contribution < 1.29 is 14.3 Å². The van der Waals surface area contributed by atoms with Gasteiger partial charge in [-0.1, -0.05) is 11.6 Å². The van der Waals surface area contributed by atoms with Gasteiger partial charge in [0.05, 0.1) is 37.5 Å². The lowest BCUT2D eigenvalue weighted by Gasteiger charge is -2.35. The third-order valence-electron chi connectivity index (χ3n) is 6.75. The molecule has 0 N–H and O–H groups in total. The van der Waals surface area contributed by atoms with Crippen LogP contribution in [-0.2, 0) is 26.3 Å². The van der Waals surface area contributed by atoms with Crippen molar-refractivity contribution in [3.05, 3.63) is 29.1 Å². The Morgan fingerprint density at radius 2 is 2.07 bits per heavy atom. The quantitative estimate of drug-likeness (QED) is 0.728. The molecule has 1 aromatic heterocycles. The van der Waals surface area contributed by atoms with Gasteiger partial charge in [-0.25, -0.2) is 9.97 Å². The molecule has 4 heterocycles. The first-order valence-corrected chi connectivity index (χ1v) is 11.0. The summed E-state index contributed by atoms with van der Waals surface area (Å²) in [5.74, 6) is 1.04. The van der Waals surface area contributed by atoms with Gasteiger partial charge in [0.1, 0.15) is 0 Å². The van der Waals surface area contributed by atoms with Crippen LogP contribution in [0.2, 0.25) is 0 Å². The second kappa shape index (κ2) is 8.03. The molecule has 5 rings (SSSR count). The molecule has 2 saturated heterocycles. The number of anilines is 1. The van der Waals surface area contributed by atoms with E-state index in [9.17, 15) is 4.79 Å². The topological polar surface area (TPSA) is 67.8 Å². The molecule has 0 aromatic carbocycles. The molecule has 156 valence electrons. The highest BCUT2D eigenvalue weighted by Crippen LogP contribution is 2.40. The fraction of sp³-hybridized carbons (Fsp3) is 0.682. The largest absolute Gasteiger partial charge is 0.378 e. The molecule has 1 atom stereocenters. The van der Waals surface area contributed by atoms with Crippen molar-refractivity contribution >= 4 is 11.9 Å². The van der Waals surface area contributed by atoms with Gasteiger partial charge in [-0.05, 0) is 32.1 Å². The summed E-state index contributed by atoms with van der Waals surface area (Å²) < 4.78 is 11.4. The Morgan fingerprint density at radius 1 is 1.17 bits per heavy atom. The van der Waals surface area contributed by atoms with Crippen molar-refractivity contribution in [2.45, 2.75) is 50.5 Å². The van der Waals surface area contributed by atoms with E-state index in [0.717, 1.165) is 56.1 Å². The molecule has 7 heteroatoms. The number of likely N-dealkylation sites (tertiary alicyclic amines) is 1. The molecular formula is C22H30N4O3. The van der Waals surface area contributed by atoms with E-state index in [-0.39, 0.29) is 11.3 Å². The summed E-state index contributed by atoms with van der Waals surface area (Å²) in [6.45, 7) is 5.74. The zero-order chi connectivity index (χ0) is 19.7. The van der Waals surface area contributed by atoms with Gasteiger partial charge in [0, 0.05) is 44.4 Å². The second-order valence-electron chi connectivity index (χ2n) is 8.77. The summed E-state index contributed by atoms with van der Waals surface area (Å²) in [7, 11) is 0. The van der Waals surface area contributed by atoms with Crippen molar-refractivity contribution in [3.63, 3.8) is 0 Å². The molecule has 1 spiro atoms. The number of hydrogen-bond acceptors (Lipinski definition) is 6. The minimum atomic E-state index is -0.200. The SMILES string of the molecule is O=C(CC1=CCCCC1)N1CCC2(COCc3cnc(N4CCOCC4)nc32)C1. The average Bonchev–Trinajstić information content (AvgIpc) is 3.20. The van der Waals surface area contributed by atoms with Crippen LogP contribution in [0.4, 0.5) is 5.95 Å². The summed E-state index contributed by atoms with van der Waals surface area (Å²) >= 11 is 0. The Labute approximate surface area is 172 Å². The van der Waals surface area contributed by atoms with Crippen LogP contribution >= 0.6 is 0 Å². The van der Waals surface area contributed by atoms with Crippen molar-refractivity contribution in [3.8, 4) is 0 Å². The van der Waals surface area contributed by atoms with Crippen LogP contribution in [0.3, 0.4) is 0 Å². The molecule has 7 nitrogen and oxygen atoms in total. The van der Waals surface area contributed by atoms with Crippen LogP contribution < -0.4 is 4.90 Å². The van der Waals surface area contributed by atoms with E-state index in [2.05, 4.69) is 16.0 Å². The highest BCUT2D eigenvalue weighted by Gasteiger charge is 2.46. The zero-order valence-electron chi connectivity index (χ0n) is 17.1. The number of fused-ring (bicyclic) bond motifs is 2. The maximum atomic E-state index is 13.0. The number of morpholine rings is 1. The molecule has 1 aliphatic carbocycles. The Bertz CT molecular complexity index is 805. The first-order chi connectivity index (χ1) is 14.2. The molecule has 0 saturated carbocycles. The van der Waals surface area contributed by atoms with Gasteiger partial charge >= 0.3 is 0 Å². The van der Waals surface area contributed by atoms with E-state index in [1.54, 1.807) is 0 Å². The lowest BCUT2D eigenvalue weighted by Crippen LogP contribution is -2.43. The molecule has 29 heavy (non-hydrogen) atoms. The first kappa shape index (κ1) is 19.0. The third kappa shape index (κ3) is 3.78. The van der Waals surface area contributed by atoms with Crippen LogP contribution in [-0.4, -0.2) is 66.8 Å². The highest BCUT2D eigenvalue weighted by molar-refractivity contribution is 5.79. The summed E-state index contributed by atoms with van der Waals surface area (Å²) in [4.78, 5) is 26.8. The van der Waals surface area contributed by atoms with E-state index in [4.69, 9.17) is 14.5 Å². The number of rotatable bonds is 3. The lowest BCUT2D eigenvalue weighted by atomic mass is 9.80. The van der Waals surface area contributed by atoms with Crippen LogP contribution in [0, 0.1) is 0 Å². The van der Waals surface area contributed by atoms with E-state index < -0.39 is 0 Å². The fourth-order valence-electron chi connectivity index (χ4n) is 5.07. The Morgan fingerprint density at radius 3 is 2.90 bits per heavy atom. The fourth-order valence-corrected chi connectivity index (χ4v) is 5.07. The van der Waals surface area contributed by atoms with Gasteiger partial charge in [-0.3, -0.25) is 4.79 Å². The number of aromatic nitrogens is 2. The minimum Gasteiger partial charge on any atom is -0.378 e. The minimum absolute atomic E-state index is 0.200. The number of carbonyl (C=O) groups is 1. The van der Waals surface area contributed by atoms with Gasteiger partial charge in [0.2, 0.25) is 11.9 Å². The van der Waals surface area contributed by atoms with E-state index in [0.29, 0.717) is 39.4 Å². The maximum Gasteiger partial charge on any atom is 0.226 e. The summed E-state index contributed by atoms with van der Waals surface area (Å²) in [6, 6.07) is 0. The van der Waals surface area contributed by atoms with Crippen LogP contribution in [0.25, 0.3) is 0 Å². The number of ether oxygens (including phenoxy) is 2. The van der Waals surface area contributed by atoms with Crippen molar-refractivity contribution in [2.75, 3.05) is 50.9 Å². The number of nitrogens with zero attached hydrogens (tertiary/aromatic N) is 4. The van der Waals surface area contributed by atoms with E-state index in [1.165, 1.54) is 18.4 Å². The normalized spacial score (nSPS) is 27.1. The number of amides is 1. The van der Waals surface area contributed by atoms with Crippen LogP contribution in [0.15, 0.2) is 17.8 Å². The molecule has 1 aromatic rings. The average molecular weight is 399 g/mol. The monoisotopic (exact) mass is 398 g/mol. The summed E-state index contributed by atoms with van der Waals surface area (Å²) in [5.41, 5.74) is 3.28. The standard InChI is InChI=1S/C22H30N4O3/c27-19(12-17-4-2-1-3-5-17)26-7-6-22(15-26)16-29-14-18-13-23-21(24-20(18)22)25-8-10-28-11-9-25/h4,13H,1-3,5-12,14-16H2. The summed E-state index contributed by atoms with van der Waals surface area (Å²) in [5, 5.41) is 0. The zero-order valence-corrected chi connectivity index (χ0v) is 17.1. The highest BCUT2D eigenvalue weighted by atomic mass is 16.5. The first-order valence-electron chi connectivity index (χ1n) is 11.0. The maximum absolute atomic E-state index is 13.0. The summed E-state index contributed by atoms with van der Waals surface area (Å²) in [6.07, 6.45) is 10.3. The van der Waals surface area contributed by atoms with Crippen LogP contribution in [0.5, 0.6) is 0 Å². The molecule has 0 bridgehead atoms. The molecule has 2 fully saturated rings. The Balaban J connectivity index is 1.35. The van der Waals surface area contributed by atoms with Crippen molar-refractivity contribution in [1.29, 1.82) is 0 Å². The van der Waals surface area contributed by atoms with Gasteiger partial charge in [0.15, 0.2) is 0 Å². The molecule has 3 aliphatic heterocycles. The molecule has 0 radical (unpaired) electrons. The van der Waals surface area contributed by atoms with E-state index in [1.807, 2.05) is 11.1 Å². The Kier molecular flexibility index (Phi) is 5.26. The predicted octanol–water partition coefficient (Wildman–Crippen LogP) is 2.20. The molecule has 1 unspecified atom stereocenters. The Hall–Kier alpha value is -1.99. The molecule has 1 amide bonds. The number of carbonyl (C=O) groups excluding carboxylic acids is 1. The predicted molar refractivity (Wildman–Crippen MR) is 109 cm³/mol. The van der Waals surface area contributed by atoms with Crippen molar-refractivity contribution in [1.82, 2.24) is 14.9 Å². The number of hydrogen-bond donors (Lipinski definition) is 0. The van der Waals surface area contributed by atoms with Gasteiger partial charge in [-0.2, -0.15) is 0 Å².